The summed E-state index contributed by atoms with van der Waals surface area (Å²) in [4.78, 5) is 2.35. The van der Waals surface area contributed by atoms with E-state index < -0.39 is 0 Å². The minimum Gasteiger partial charge on any atom is -0.395 e. The standard InChI is InChI=1S/C17H29ClN2O/c1-3-5-11-20(13-14-21)12-10-17(19-4-2)15-6-8-16(18)9-7-15/h6-9,17,19,21H,3-5,10-14H2,1-2H3. The number of benzene rings is 1. The minimum atomic E-state index is 0.233. The van der Waals surface area contributed by atoms with Crippen LogP contribution >= 0.6 is 11.6 Å². The number of rotatable bonds is 11. The Labute approximate surface area is 134 Å². The molecule has 0 fully saturated rings. The molecule has 0 saturated carbocycles. The SMILES string of the molecule is CCCCN(CCO)CCC(NCC)c1ccc(Cl)cc1. The van der Waals surface area contributed by atoms with Crippen LogP contribution in [0.1, 0.15) is 44.7 Å². The highest BCUT2D eigenvalue weighted by Gasteiger charge is 2.12. The Hall–Kier alpha value is -0.610. The van der Waals surface area contributed by atoms with Crippen LogP contribution in [0.4, 0.5) is 0 Å². The highest BCUT2D eigenvalue weighted by molar-refractivity contribution is 6.30. The smallest absolute Gasteiger partial charge is 0.0558 e. The first-order chi connectivity index (χ1) is 10.2. The molecule has 0 saturated heterocycles. The predicted octanol–water partition coefficient (Wildman–Crippen LogP) is 3.48. The summed E-state index contributed by atoms with van der Waals surface area (Å²) >= 11 is 5.96. The van der Waals surface area contributed by atoms with E-state index in [1.807, 2.05) is 12.1 Å². The second kappa shape index (κ2) is 11.0. The molecule has 0 aliphatic heterocycles. The quantitative estimate of drug-likeness (QED) is 0.656. The summed E-state index contributed by atoms with van der Waals surface area (Å²) in [6.07, 6.45) is 3.42. The molecule has 1 aromatic carbocycles. The van der Waals surface area contributed by atoms with Crippen LogP contribution in [-0.4, -0.2) is 42.8 Å². The van der Waals surface area contributed by atoms with Gasteiger partial charge >= 0.3 is 0 Å². The van der Waals surface area contributed by atoms with E-state index >= 15 is 0 Å². The fraction of sp³-hybridized carbons (Fsp3) is 0.647. The van der Waals surface area contributed by atoms with E-state index in [2.05, 4.69) is 36.2 Å². The van der Waals surface area contributed by atoms with Crippen molar-refractivity contribution in [1.82, 2.24) is 10.2 Å². The molecule has 0 aliphatic carbocycles. The van der Waals surface area contributed by atoms with Gasteiger partial charge in [0.25, 0.3) is 0 Å². The first kappa shape index (κ1) is 18.4. The zero-order valence-corrected chi connectivity index (χ0v) is 14.1. The van der Waals surface area contributed by atoms with E-state index in [0.29, 0.717) is 6.04 Å². The van der Waals surface area contributed by atoms with Gasteiger partial charge in [0.1, 0.15) is 0 Å². The molecule has 0 bridgehead atoms. The van der Waals surface area contributed by atoms with Crippen molar-refractivity contribution in [2.24, 2.45) is 0 Å². The molecule has 1 aromatic rings. The number of aliphatic hydroxyl groups excluding tert-OH is 1. The van der Waals surface area contributed by atoms with Crippen LogP contribution in [0.2, 0.25) is 5.02 Å². The third-order valence-corrected chi connectivity index (χ3v) is 3.95. The van der Waals surface area contributed by atoms with Gasteiger partial charge in [-0.15, -0.1) is 0 Å². The van der Waals surface area contributed by atoms with Crippen molar-refractivity contribution in [2.75, 3.05) is 32.8 Å². The van der Waals surface area contributed by atoms with Crippen LogP contribution in [0.25, 0.3) is 0 Å². The van der Waals surface area contributed by atoms with Gasteiger partial charge in [-0.05, 0) is 43.6 Å². The van der Waals surface area contributed by atoms with Gasteiger partial charge < -0.3 is 15.3 Å². The van der Waals surface area contributed by atoms with Gasteiger partial charge in [-0.3, -0.25) is 0 Å². The molecule has 1 unspecified atom stereocenters. The second-order valence-electron chi connectivity index (χ2n) is 5.37. The normalized spacial score (nSPS) is 12.8. The average Bonchev–Trinajstić information content (AvgIpc) is 2.49. The Morgan fingerprint density at radius 2 is 1.86 bits per heavy atom. The summed E-state index contributed by atoms with van der Waals surface area (Å²) in [7, 11) is 0. The van der Waals surface area contributed by atoms with Crippen LogP contribution in [0.15, 0.2) is 24.3 Å². The van der Waals surface area contributed by atoms with Crippen molar-refractivity contribution < 1.29 is 5.11 Å². The topological polar surface area (TPSA) is 35.5 Å². The number of hydrogen-bond donors (Lipinski definition) is 2. The zero-order chi connectivity index (χ0) is 15.5. The summed E-state index contributed by atoms with van der Waals surface area (Å²) in [5.74, 6) is 0. The van der Waals surface area contributed by atoms with Crippen molar-refractivity contribution >= 4 is 11.6 Å². The lowest BCUT2D eigenvalue weighted by Gasteiger charge is -2.25. The van der Waals surface area contributed by atoms with Crippen molar-refractivity contribution in [3.8, 4) is 0 Å². The molecule has 1 rings (SSSR count). The maximum Gasteiger partial charge on any atom is 0.0558 e. The van der Waals surface area contributed by atoms with Gasteiger partial charge in [0.15, 0.2) is 0 Å². The van der Waals surface area contributed by atoms with Crippen LogP contribution in [0.3, 0.4) is 0 Å². The molecule has 4 heteroatoms. The molecule has 3 nitrogen and oxygen atoms in total. The largest absolute Gasteiger partial charge is 0.395 e. The Morgan fingerprint density at radius 1 is 1.14 bits per heavy atom. The number of unbranched alkanes of at least 4 members (excludes halogenated alkanes) is 1. The maximum atomic E-state index is 9.18. The van der Waals surface area contributed by atoms with Crippen LogP contribution in [0, 0.1) is 0 Å². The first-order valence-electron chi connectivity index (χ1n) is 8.03. The van der Waals surface area contributed by atoms with Crippen molar-refractivity contribution in [3.05, 3.63) is 34.9 Å². The highest BCUT2D eigenvalue weighted by atomic mass is 35.5. The van der Waals surface area contributed by atoms with Gasteiger partial charge in [0, 0.05) is 24.2 Å². The number of halogens is 1. The third kappa shape index (κ3) is 7.28. The third-order valence-electron chi connectivity index (χ3n) is 3.70. The summed E-state index contributed by atoms with van der Waals surface area (Å²) in [6, 6.07) is 8.43. The van der Waals surface area contributed by atoms with Crippen LogP contribution < -0.4 is 5.32 Å². The Morgan fingerprint density at radius 3 is 2.43 bits per heavy atom. The maximum absolute atomic E-state index is 9.18. The van der Waals surface area contributed by atoms with Crippen molar-refractivity contribution in [1.29, 1.82) is 0 Å². The molecule has 0 spiro atoms. The van der Waals surface area contributed by atoms with Crippen LogP contribution in [0.5, 0.6) is 0 Å². The van der Waals surface area contributed by atoms with Gasteiger partial charge in [-0.2, -0.15) is 0 Å². The molecule has 2 N–H and O–H groups in total. The van der Waals surface area contributed by atoms with Gasteiger partial charge in [0.2, 0.25) is 0 Å². The first-order valence-corrected chi connectivity index (χ1v) is 8.41. The van der Waals surface area contributed by atoms with E-state index in [4.69, 9.17) is 11.6 Å². The van der Waals surface area contributed by atoms with E-state index in [1.54, 1.807) is 0 Å². The molecule has 0 radical (unpaired) electrons. The summed E-state index contributed by atoms with van der Waals surface area (Å²) in [5, 5.41) is 13.5. The zero-order valence-electron chi connectivity index (χ0n) is 13.3. The molecule has 0 heterocycles. The predicted molar refractivity (Wildman–Crippen MR) is 90.9 cm³/mol. The summed E-state index contributed by atoms with van der Waals surface area (Å²) in [5.41, 5.74) is 1.28. The van der Waals surface area contributed by atoms with E-state index in [-0.39, 0.29) is 6.61 Å². The molecule has 0 amide bonds. The lowest BCUT2D eigenvalue weighted by molar-refractivity contribution is 0.187. The lowest BCUT2D eigenvalue weighted by Crippen LogP contribution is -2.32. The van der Waals surface area contributed by atoms with Gasteiger partial charge in [-0.1, -0.05) is 44.0 Å². The molecule has 0 aromatic heterocycles. The van der Waals surface area contributed by atoms with Crippen molar-refractivity contribution in [3.63, 3.8) is 0 Å². The summed E-state index contributed by atoms with van der Waals surface area (Å²) < 4.78 is 0. The van der Waals surface area contributed by atoms with Gasteiger partial charge in [0.05, 0.1) is 6.61 Å². The molecule has 1 atom stereocenters. The molecular weight excluding hydrogens is 284 g/mol. The highest BCUT2D eigenvalue weighted by Crippen LogP contribution is 2.19. The molecule has 120 valence electrons. The van der Waals surface area contributed by atoms with E-state index in [9.17, 15) is 5.11 Å². The summed E-state index contributed by atoms with van der Waals surface area (Å²) in [6.45, 7) is 8.34. The monoisotopic (exact) mass is 312 g/mol. The van der Waals surface area contributed by atoms with E-state index in [0.717, 1.165) is 37.6 Å². The Bertz CT molecular complexity index is 370. The second-order valence-corrected chi connectivity index (χ2v) is 5.81. The fourth-order valence-electron chi connectivity index (χ4n) is 2.50. The Kier molecular flexibility index (Phi) is 9.68. The van der Waals surface area contributed by atoms with Crippen molar-refractivity contribution in [2.45, 2.75) is 39.2 Å². The van der Waals surface area contributed by atoms with Crippen LogP contribution in [-0.2, 0) is 0 Å². The van der Waals surface area contributed by atoms with Gasteiger partial charge in [-0.25, -0.2) is 0 Å². The number of hydrogen-bond acceptors (Lipinski definition) is 3. The Balaban J connectivity index is 2.57. The number of aliphatic hydroxyl groups is 1. The van der Waals surface area contributed by atoms with E-state index in [1.165, 1.54) is 18.4 Å². The lowest BCUT2D eigenvalue weighted by atomic mass is 10.0. The number of nitrogens with zero attached hydrogens (tertiary/aromatic N) is 1. The molecule has 0 aliphatic rings. The number of nitrogens with one attached hydrogen (secondary N) is 1. The average molecular weight is 313 g/mol. The molecule has 21 heavy (non-hydrogen) atoms. The molecular formula is C17H29ClN2O. The minimum absolute atomic E-state index is 0.233. The fourth-order valence-corrected chi connectivity index (χ4v) is 2.62.